The van der Waals surface area contributed by atoms with Gasteiger partial charge in [0.15, 0.2) is 0 Å². The molecule has 0 atom stereocenters. The summed E-state index contributed by atoms with van der Waals surface area (Å²) in [4.78, 5) is 11.5. The third kappa shape index (κ3) is 5.97. The number of hydrogen-bond donors (Lipinski definition) is 3. The molecule has 2 aromatic rings. The zero-order valence-electron chi connectivity index (χ0n) is 15.8. The quantitative estimate of drug-likeness (QED) is 0.528. The predicted molar refractivity (Wildman–Crippen MR) is 110 cm³/mol. The Balaban J connectivity index is 1.32. The molecule has 0 aliphatic carbocycles. The summed E-state index contributed by atoms with van der Waals surface area (Å²) in [5.74, 6) is 0.768. The summed E-state index contributed by atoms with van der Waals surface area (Å²) in [6, 6.07) is 13.1. The average molecular weight is 404 g/mol. The van der Waals surface area contributed by atoms with Crippen molar-refractivity contribution < 1.29 is 17.9 Å². The second-order valence-electron chi connectivity index (χ2n) is 6.78. The minimum Gasteiger partial charge on any atom is -0.492 e. The molecule has 0 unspecified atom stereocenters. The number of sulfonamides is 1. The van der Waals surface area contributed by atoms with Gasteiger partial charge in [-0.25, -0.2) is 8.42 Å². The van der Waals surface area contributed by atoms with E-state index in [-0.39, 0.29) is 5.91 Å². The summed E-state index contributed by atoms with van der Waals surface area (Å²) in [5.41, 5.74) is 3.51. The number of benzene rings is 2. The van der Waals surface area contributed by atoms with Gasteiger partial charge in [-0.2, -0.15) is 0 Å². The van der Waals surface area contributed by atoms with Gasteiger partial charge in [-0.05, 0) is 49.2 Å². The first-order valence-corrected chi connectivity index (χ1v) is 11.1. The molecule has 1 aliphatic rings. The first kappa shape index (κ1) is 20.2. The number of anilines is 2. The number of hydrogen-bond acceptors (Lipinski definition) is 5. The first-order chi connectivity index (χ1) is 13.4. The lowest BCUT2D eigenvalue weighted by Gasteiger charge is -2.10. The van der Waals surface area contributed by atoms with Crippen molar-refractivity contribution in [1.29, 1.82) is 0 Å². The molecular formula is C20H25N3O4S. The molecule has 0 aromatic heterocycles. The second kappa shape index (κ2) is 9.07. The van der Waals surface area contributed by atoms with E-state index >= 15 is 0 Å². The molecule has 150 valence electrons. The van der Waals surface area contributed by atoms with Crippen LogP contribution in [0.4, 0.5) is 11.4 Å². The van der Waals surface area contributed by atoms with Crippen LogP contribution in [0.1, 0.15) is 17.5 Å². The minimum atomic E-state index is -3.24. The van der Waals surface area contributed by atoms with E-state index < -0.39 is 10.0 Å². The molecule has 1 amide bonds. The average Bonchev–Trinajstić information content (AvgIpc) is 3.02. The van der Waals surface area contributed by atoms with E-state index in [0.717, 1.165) is 54.8 Å². The zero-order chi connectivity index (χ0) is 20.0. The molecule has 7 nitrogen and oxygen atoms in total. The van der Waals surface area contributed by atoms with Crippen molar-refractivity contribution >= 4 is 27.3 Å². The fourth-order valence-corrected chi connectivity index (χ4v) is 3.65. The van der Waals surface area contributed by atoms with E-state index in [1.165, 1.54) is 0 Å². The van der Waals surface area contributed by atoms with Gasteiger partial charge in [-0.3, -0.25) is 9.52 Å². The number of carbonyl (C=O) groups excluding carboxylic acids is 1. The summed E-state index contributed by atoms with van der Waals surface area (Å²) in [6.07, 6.45) is 3.39. The highest BCUT2D eigenvalue weighted by Crippen LogP contribution is 2.31. The van der Waals surface area contributed by atoms with Crippen LogP contribution >= 0.6 is 0 Å². The Morgan fingerprint density at radius 3 is 2.64 bits per heavy atom. The summed E-state index contributed by atoms with van der Waals surface area (Å²) in [7, 11) is -3.24. The van der Waals surface area contributed by atoms with Gasteiger partial charge in [-0.1, -0.05) is 18.2 Å². The molecule has 0 bridgehead atoms. The standard InChI is InChI=1S/C20H25N3O4S/c1-28(25,26)23-16-9-7-15(8-10-16)4-3-11-21-12-13-27-19-6-2-5-18-17(19)14-20(24)22-18/h2,5-10,21,23H,3-4,11-14H2,1H3,(H,22,24). The third-order valence-electron chi connectivity index (χ3n) is 4.36. The largest absolute Gasteiger partial charge is 0.492 e. The normalized spacial score (nSPS) is 13.1. The molecule has 0 radical (unpaired) electrons. The number of amides is 1. The van der Waals surface area contributed by atoms with Crippen molar-refractivity contribution in [2.24, 2.45) is 0 Å². The number of carbonyl (C=O) groups is 1. The molecular weight excluding hydrogens is 378 g/mol. The van der Waals surface area contributed by atoms with Gasteiger partial charge in [0, 0.05) is 23.5 Å². The SMILES string of the molecule is CS(=O)(=O)Nc1ccc(CCCNCCOc2cccc3c2CC(=O)N3)cc1. The van der Waals surface area contributed by atoms with Crippen LogP contribution in [0.3, 0.4) is 0 Å². The van der Waals surface area contributed by atoms with Crippen LogP contribution in [0.5, 0.6) is 5.75 Å². The topological polar surface area (TPSA) is 96.5 Å². The maximum Gasteiger partial charge on any atom is 0.229 e. The number of aryl methyl sites for hydroxylation is 1. The Kier molecular flexibility index (Phi) is 6.53. The van der Waals surface area contributed by atoms with Crippen LogP contribution in [0, 0.1) is 0 Å². The molecule has 0 saturated heterocycles. The van der Waals surface area contributed by atoms with Gasteiger partial charge in [-0.15, -0.1) is 0 Å². The summed E-state index contributed by atoms with van der Waals surface area (Å²) >= 11 is 0. The summed E-state index contributed by atoms with van der Waals surface area (Å²) in [5, 5.41) is 6.16. The molecule has 3 rings (SSSR count). The highest BCUT2D eigenvalue weighted by molar-refractivity contribution is 7.92. The minimum absolute atomic E-state index is 0.00399. The lowest BCUT2D eigenvalue weighted by atomic mass is 10.1. The lowest BCUT2D eigenvalue weighted by Crippen LogP contribution is -2.22. The van der Waals surface area contributed by atoms with Crippen molar-refractivity contribution in [1.82, 2.24) is 5.32 Å². The number of fused-ring (bicyclic) bond motifs is 1. The van der Waals surface area contributed by atoms with E-state index in [1.54, 1.807) is 12.1 Å². The molecule has 0 spiro atoms. The van der Waals surface area contributed by atoms with Crippen LogP contribution in [-0.4, -0.2) is 40.3 Å². The molecule has 8 heteroatoms. The highest BCUT2D eigenvalue weighted by atomic mass is 32.2. The monoisotopic (exact) mass is 403 g/mol. The molecule has 28 heavy (non-hydrogen) atoms. The summed E-state index contributed by atoms with van der Waals surface area (Å²) in [6.45, 7) is 2.12. The Morgan fingerprint density at radius 1 is 1.11 bits per heavy atom. The summed E-state index contributed by atoms with van der Waals surface area (Å²) < 4.78 is 30.6. The second-order valence-corrected chi connectivity index (χ2v) is 8.53. The molecule has 0 saturated carbocycles. The number of nitrogens with one attached hydrogen (secondary N) is 3. The molecule has 3 N–H and O–H groups in total. The fourth-order valence-electron chi connectivity index (χ4n) is 3.08. The van der Waals surface area contributed by atoms with Crippen molar-refractivity contribution in [2.45, 2.75) is 19.3 Å². The number of rotatable bonds is 10. The van der Waals surface area contributed by atoms with E-state index in [0.29, 0.717) is 18.7 Å². The van der Waals surface area contributed by atoms with E-state index in [4.69, 9.17) is 4.74 Å². The van der Waals surface area contributed by atoms with Gasteiger partial charge in [0.05, 0.1) is 12.7 Å². The Bertz CT molecular complexity index is 927. The van der Waals surface area contributed by atoms with E-state index in [9.17, 15) is 13.2 Å². The maximum atomic E-state index is 11.5. The maximum absolute atomic E-state index is 11.5. The van der Waals surface area contributed by atoms with Gasteiger partial charge >= 0.3 is 0 Å². The third-order valence-corrected chi connectivity index (χ3v) is 4.96. The van der Waals surface area contributed by atoms with E-state index in [1.807, 2.05) is 30.3 Å². The van der Waals surface area contributed by atoms with Crippen molar-refractivity contribution in [3.8, 4) is 5.75 Å². The van der Waals surface area contributed by atoms with Gasteiger partial charge < -0.3 is 15.4 Å². The first-order valence-electron chi connectivity index (χ1n) is 9.23. The van der Waals surface area contributed by atoms with Crippen LogP contribution in [0.15, 0.2) is 42.5 Å². The fraction of sp³-hybridized carbons (Fsp3) is 0.350. The van der Waals surface area contributed by atoms with Gasteiger partial charge in [0.2, 0.25) is 15.9 Å². The van der Waals surface area contributed by atoms with E-state index in [2.05, 4.69) is 15.4 Å². The highest BCUT2D eigenvalue weighted by Gasteiger charge is 2.21. The smallest absolute Gasteiger partial charge is 0.229 e. The predicted octanol–water partition coefficient (Wildman–Crippen LogP) is 2.15. The molecule has 2 aromatic carbocycles. The van der Waals surface area contributed by atoms with Crippen LogP contribution in [0.25, 0.3) is 0 Å². The van der Waals surface area contributed by atoms with Crippen molar-refractivity contribution in [3.63, 3.8) is 0 Å². The van der Waals surface area contributed by atoms with Crippen LogP contribution in [0.2, 0.25) is 0 Å². The molecule has 1 aliphatic heterocycles. The zero-order valence-corrected chi connectivity index (χ0v) is 16.6. The number of ether oxygens (including phenoxy) is 1. The molecule has 1 heterocycles. The Hall–Kier alpha value is -2.58. The van der Waals surface area contributed by atoms with Gasteiger partial charge in [0.1, 0.15) is 12.4 Å². The Labute approximate surface area is 165 Å². The van der Waals surface area contributed by atoms with Crippen molar-refractivity contribution in [2.75, 3.05) is 36.0 Å². The molecule has 0 fully saturated rings. The lowest BCUT2D eigenvalue weighted by molar-refractivity contribution is -0.115. The van der Waals surface area contributed by atoms with Crippen molar-refractivity contribution in [3.05, 3.63) is 53.6 Å². The van der Waals surface area contributed by atoms with Crippen LogP contribution < -0.4 is 20.1 Å². The Morgan fingerprint density at radius 2 is 1.89 bits per heavy atom. The van der Waals surface area contributed by atoms with Crippen LogP contribution in [-0.2, 0) is 27.7 Å². The van der Waals surface area contributed by atoms with Gasteiger partial charge in [0.25, 0.3) is 0 Å².